The number of nitrogens with zero attached hydrogens (tertiary/aromatic N) is 2. The number of carbonyl (C=O) groups excluding carboxylic acids is 1. The van der Waals surface area contributed by atoms with Crippen LogP contribution in [0.15, 0.2) is 70.1 Å². The van der Waals surface area contributed by atoms with Gasteiger partial charge in [0.25, 0.3) is 5.89 Å². The van der Waals surface area contributed by atoms with Crippen molar-refractivity contribution in [1.29, 1.82) is 0 Å². The minimum atomic E-state index is -3.54. The molecule has 3 aromatic carbocycles. The van der Waals surface area contributed by atoms with E-state index in [0.717, 1.165) is 31.2 Å². The van der Waals surface area contributed by atoms with Gasteiger partial charge in [-0.05, 0) is 85.3 Å². The van der Waals surface area contributed by atoms with E-state index in [9.17, 15) is 17.6 Å². The van der Waals surface area contributed by atoms with Crippen LogP contribution in [-0.4, -0.2) is 30.4 Å². The summed E-state index contributed by atoms with van der Waals surface area (Å²) in [4.78, 5) is 17.6. The van der Waals surface area contributed by atoms with Crippen LogP contribution in [0.1, 0.15) is 48.2 Å². The summed E-state index contributed by atoms with van der Waals surface area (Å²) in [5.74, 6) is 0.317. The molecule has 0 spiro atoms. The molecular weight excluding hydrogens is 576 g/mol. The molecule has 2 saturated carbocycles. The maximum absolute atomic E-state index is 13.3. The smallest absolute Gasteiger partial charge is 0.257 e. The number of carbonyl (C=O) groups is 1. The highest BCUT2D eigenvalue weighted by Crippen LogP contribution is 2.56. The molecule has 1 N–H and O–H groups in total. The van der Waals surface area contributed by atoms with Gasteiger partial charge in [-0.2, -0.15) is 4.98 Å². The fourth-order valence-corrected chi connectivity index (χ4v) is 7.01. The summed E-state index contributed by atoms with van der Waals surface area (Å²) in [5, 5.41) is 5.00. The number of sulfonamides is 1. The lowest BCUT2D eigenvalue weighted by Gasteiger charge is -2.17. The Hall–Kier alpha value is -3.11. The Balaban J connectivity index is 1.15. The van der Waals surface area contributed by atoms with Crippen LogP contribution in [0.4, 0.5) is 4.39 Å². The third kappa shape index (κ3) is 5.56. The van der Waals surface area contributed by atoms with Crippen LogP contribution >= 0.6 is 23.2 Å². The molecule has 1 aromatic heterocycles. The molecule has 206 valence electrons. The highest BCUT2D eigenvalue weighted by molar-refractivity contribution is 7.89. The second-order valence-corrected chi connectivity index (χ2v) is 12.9. The lowest BCUT2D eigenvalue weighted by Crippen LogP contribution is -2.25. The molecule has 0 atom stereocenters. The van der Waals surface area contributed by atoms with Gasteiger partial charge < -0.3 is 4.52 Å². The van der Waals surface area contributed by atoms with Gasteiger partial charge in [-0.3, -0.25) is 4.79 Å². The number of hydrogen-bond acceptors (Lipinski definition) is 6. The summed E-state index contributed by atoms with van der Waals surface area (Å²) in [6.45, 7) is 0. The molecule has 11 heteroatoms. The molecule has 0 bridgehead atoms. The maximum atomic E-state index is 13.3. The minimum Gasteiger partial charge on any atom is -0.334 e. The Bertz CT molecular complexity index is 1680. The number of ketones is 1. The molecule has 1 heterocycles. The van der Waals surface area contributed by atoms with Gasteiger partial charge in [-0.1, -0.05) is 40.5 Å². The van der Waals surface area contributed by atoms with Crippen molar-refractivity contribution in [2.75, 3.05) is 0 Å². The van der Waals surface area contributed by atoms with Gasteiger partial charge in [-0.25, -0.2) is 17.5 Å². The van der Waals surface area contributed by atoms with E-state index in [-0.39, 0.29) is 41.3 Å². The Morgan fingerprint density at radius 1 is 0.975 bits per heavy atom. The van der Waals surface area contributed by atoms with Crippen LogP contribution in [0.3, 0.4) is 0 Å². The fourth-order valence-electron chi connectivity index (χ4n) is 4.82. The standard InChI is InChI=1S/C29H24Cl2FN3O4S/c30-24-15-18(14-22(36)13-17-1-9-23(10-2-17)40(37,38)35-21-7-8-21)16-25(31)26(24)29(11-12-29)28-33-27(39-34-28)19-3-5-20(32)6-4-19/h1-6,9-10,15-16,21,35H,7-8,11-14H2. The number of halogens is 3. The number of Topliss-reactive ketones (excluding diaryl/α,β-unsaturated/α-hetero) is 1. The molecule has 4 aromatic rings. The quantitative estimate of drug-likeness (QED) is 0.238. The van der Waals surface area contributed by atoms with Gasteiger partial charge in [0, 0.05) is 40.1 Å². The third-order valence-electron chi connectivity index (χ3n) is 7.21. The maximum Gasteiger partial charge on any atom is 0.257 e. The molecule has 6 rings (SSSR count). The van der Waals surface area contributed by atoms with E-state index in [0.29, 0.717) is 32.6 Å². The van der Waals surface area contributed by atoms with Gasteiger partial charge in [0.1, 0.15) is 11.6 Å². The normalized spacial score (nSPS) is 16.2. The lowest BCUT2D eigenvalue weighted by molar-refractivity contribution is -0.117. The highest BCUT2D eigenvalue weighted by atomic mass is 35.5. The zero-order chi connectivity index (χ0) is 28.1. The van der Waals surface area contributed by atoms with E-state index in [1.54, 1.807) is 36.4 Å². The van der Waals surface area contributed by atoms with E-state index >= 15 is 0 Å². The van der Waals surface area contributed by atoms with Crippen LogP contribution in [0.2, 0.25) is 10.0 Å². The first kappa shape index (κ1) is 27.1. The number of benzene rings is 3. The first-order chi connectivity index (χ1) is 19.1. The van der Waals surface area contributed by atoms with E-state index in [1.165, 1.54) is 24.3 Å². The summed E-state index contributed by atoms with van der Waals surface area (Å²) in [6, 6.07) is 15.6. The van der Waals surface area contributed by atoms with Gasteiger partial charge in [0.15, 0.2) is 5.82 Å². The average Bonchev–Trinajstić information content (AvgIpc) is 3.83. The van der Waals surface area contributed by atoms with Crippen LogP contribution < -0.4 is 4.72 Å². The van der Waals surface area contributed by atoms with E-state index in [2.05, 4.69) is 14.9 Å². The molecule has 2 aliphatic rings. The molecule has 0 aliphatic heterocycles. The largest absolute Gasteiger partial charge is 0.334 e. The molecular formula is C29H24Cl2FN3O4S. The number of nitrogens with one attached hydrogen (secondary N) is 1. The molecule has 2 aliphatic carbocycles. The fraction of sp³-hybridized carbons (Fsp3) is 0.276. The second-order valence-electron chi connectivity index (χ2n) is 10.4. The van der Waals surface area contributed by atoms with Crippen molar-refractivity contribution in [3.05, 3.63) is 99.0 Å². The zero-order valence-corrected chi connectivity index (χ0v) is 23.5. The summed E-state index contributed by atoms with van der Waals surface area (Å²) in [6.07, 6.45) is 3.44. The van der Waals surface area contributed by atoms with Crippen molar-refractivity contribution < 1.29 is 22.1 Å². The summed E-state index contributed by atoms with van der Waals surface area (Å²) < 4.78 is 46.1. The first-order valence-corrected chi connectivity index (χ1v) is 15.1. The Labute approximate surface area is 240 Å². The second kappa shape index (κ2) is 10.4. The molecule has 0 radical (unpaired) electrons. The van der Waals surface area contributed by atoms with Crippen molar-refractivity contribution in [1.82, 2.24) is 14.9 Å². The van der Waals surface area contributed by atoms with Crippen LogP contribution in [0.25, 0.3) is 11.5 Å². The van der Waals surface area contributed by atoms with Crippen LogP contribution in [0.5, 0.6) is 0 Å². The van der Waals surface area contributed by atoms with Crippen LogP contribution in [0, 0.1) is 5.82 Å². The Kier molecular flexibility index (Phi) is 7.02. The Morgan fingerprint density at radius 2 is 1.60 bits per heavy atom. The molecule has 0 saturated heterocycles. The molecule has 2 fully saturated rings. The summed E-state index contributed by atoms with van der Waals surface area (Å²) in [5.41, 5.74) is 2.10. The predicted molar refractivity (Wildman–Crippen MR) is 148 cm³/mol. The number of rotatable bonds is 10. The molecule has 40 heavy (non-hydrogen) atoms. The average molecular weight is 600 g/mol. The van der Waals surface area contributed by atoms with Crippen molar-refractivity contribution >= 4 is 39.0 Å². The number of hydrogen-bond donors (Lipinski definition) is 1. The van der Waals surface area contributed by atoms with E-state index < -0.39 is 15.4 Å². The van der Waals surface area contributed by atoms with E-state index in [4.69, 9.17) is 27.7 Å². The predicted octanol–water partition coefficient (Wildman–Crippen LogP) is 6.06. The molecule has 0 unspecified atom stereocenters. The van der Waals surface area contributed by atoms with Gasteiger partial charge in [-0.15, -0.1) is 0 Å². The summed E-state index contributed by atoms with van der Waals surface area (Å²) in [7, 11) is -3.54. The molecule has 0 amide bonds. The van der Waals surface area contributed by atoms with Crippen molar-refractivity contribution in [3.63, 3.8) is 0 Å². The first-order valence-electron chi connectivity index (χ1n) is 12.8. The van der Waals surface area contributed by atoms with E-state index in [1.807, 2.05) is 0 Å². The third-order valence-corrected chi connectivity index (χ3v) is 9.34. The van der Waals surface area contributed by atoms with Gasteiger partial charge in [0.2, 0.25) is 10.0 Å². The number of aromatic nitrogens is 2. The lowest BCUT2D eigenvalue weighted by atomic mass is 9.92. The monoisotopic (exact) mass is 599 g/mol. The Morgan fingerprint density at radius 3 is 2.20 bits per heavy atom. The summed E-state index contributed by atoms with van der Waals surface area (Å²) >= 11 is 13.4. The molecule has 7 nitrogen and oxygen atoms in total. The SMILES string of the molecule is O=C(Cc1ccc(S(=O)(=O)NC2CC2)cc1)Cc1cc(Cl)c(C2(c3noc(-c4ccc(F)cc4)n3)CC2)c(Cl)c1. The van der Waals surface area contributed by atoms with Crippen molar-refractivity contribution in [3.8, 4) is 11.5 Å². The minimum absolute atomic E-state index is 0.0252. The highest BCUT2D eigenvalue weighted by Gasteiger charge is 2.52. The van der Waals surface area contributed by atoms with Gasteiger partial charge in [0.05, 0.1) is 10.3 Å². The van der Waals surface area contributed by atoms with Gasteiger partial charge >= 0.3 is 0 Å². The van der Waals surface area contributed by atoms with Crippen molar-refractivity contribution in [2.24, 2.45) is 0 Å². The zero-order valence-electron chi connectivity index (χ0n) is 21.2. The van der Waals surface area contributed by atoms with Crippen molar-refractivity contribution in [2.45, 2.75) is 54.9 Å². The van der Waals surface area contributed by atoms with Crippen LogP contribution in [-0.2, 0) is 33.1 Å². The topological polar surface area (TPSA) is 102 Å².